The molecule has 32 heavy (non-hydrogen) atoms. The maximum atomic E-state index is 6.00. The van der Waals surface area contributed by atoms with Crippen molar-refractivity contribution in [3.8, 4) is 16.3 Å². The zero-order valence-corrected chi connectivity index (χ0v) is 20.7. The Labute approximate surface area is 201 Å². The Morgan fingerprint density at radius 2 is 2.00 bits per heavy atom. The van der Waals surface area contributed by atoms with E-state index in [2.05, 4.69) is 51.3 Å². The van der Waals surface area contributed by atoms with Crippen LogP contribution in [0, 0.1) is 13.8 Å². The molecule has 2 heterocycles. The number of aryl methyl sites for hydroxylation is 3. The number of hydrogen-bond donors (Lipinski definition) is 0. The molecule has 2 aromatic heterocycles. The average Bonchev–Trinajstić information content (AvgIpc) is 3.38. The van der Waals surface area contributed by atoms with Crippen LogP contribution in [0.2, 0.25) is 5.02 Å². The zero-order chi connectivity index (χ0) is 22.5. The molecule has 0 N–H and O–H groups in total. The van der Waals surface area contributed by atoms with Crippen LogP contribution in [-0.2, 0) is 19.2 Å². The summed E-state index contributed by atoms with van der Waals surface area (Å²) in [6.07, 6.45) is 1.68. The van der Waals surface area contributed by atoms with Crippen LogP contribution in [0.25, 0.3) is 10.6 Å². The Balaban J connectivity index is 1.28. The molecule has 4 aromatic rings. The standard InChI is InChI=1S/C24H25ClN4OS2/c1-16-6-4-7-18(12-16)23-26-20(14-31-23)15-32-24-28-27-22(29(24)3)8-5-11-30-21-10-9-19(25)13-17(21)2/h4,6-7,9-10,12-14H,5,8,11,15H2,1-3H3. The molecule has 8 heteroatoms. The number of rotatable bonds is 9. The van der Waals surface area contributed by atoms with Crippen LogP contribution < -0.4 is 4.74 Å². The summed E-state index contributed by atoms with van der Waals surface area (Å²) in [6.45, 7) is 4.72. The molecule has 0 aliphatic rings. The van der Waals surface area contributed by atoms with Gasteiger partial charge in [0.2, 0.25) is 0 Å². The highest BCUT2D eigenvalue weighted by molar-refractivity contribution is 7.98. The van der Waals surface area contributed by atoms with E-state index < -0.39 is 0 Å². The van der Waals surface area contributed by atoms with Crippen LogP contribution in [0.4, 0.5) is 0 Å². The summed E-state index contributed by atoms with van der Waals surface area (Å²) in [5.74, 6) is 2.60. The minimum Gasteiger partial charge on any atom is -0.493 e. The lowest BCUT2D eigenvalue weighted by Gasteiger charge is -2.09. The molecule has 0 radical (unpaired) electrons. The molecule has 0 saturated heterocycles. The van der Waals surface area contributed by atoms with Gasteiger partial charge in [-0.05, 0) is 50.1 Å². The van der Waals surface area contributed by atoms with Crippen LogP contribution in [-0.4, -0.2) is 26.4 Å². The molecular weight excluding hydrogens is 460 g/mol. The number of halogens is 1. The highest BCUT2D eigenvalue weighted by atomic mass is 35.5. The summed E-state index contributed by atoms with van der Waals surface area (Å²) >= 11 is 9.34. The first-order valence-corrected chi connectivity index (χ1v) is 12.7. The molecule has 0 unspecified atom stereocenters. The van der Waals surface area contributed by atoms with E-state index in [0.717, 1.165) is 56.6 Å². The monoisotopic (exact) mass is 484 g/mol. The van der Waals surface area contributed by atoms with Crippen LogP contribution >= 0.6 is 34.7 Å². The van der Waals surface area contributed by atoms with Crippen molar-refractivity contribution in [3.63, 3.8) is 0 Å². The van der Waals surface area contributed by atoms with E-state index in [1.165, 1.54) is 11.1 Å². The smallest absolute Gasteiger partial charge is 0.191 e. The first kappa shape index (κ1) is 22.8. The van der Waals surface area contributed by atoms with Gasteiger partial charge in [-0.1, -0.05) is 47.1 Å². The van der Waals surface area contributed by atoms with Gasteiger partial charge in [0.25, 0.3) is 0 Å². The topological polar surface area (TPSA) is 52.8 Å². The molecule has 0 spiro atoms. The molecule has 0 atom stereocenters. The lowest BCUT2D eigenvalue weighted by atomic mass is 10.1. The Kier molecular flexibility index (Phi) is 7.50. The molecule has 166 valence electrons. The van der Waals surface area contributed by atoms with Crippen molar-refractivity contribution in [2.75, 3.05) is 6.61 Å². The lowest BCUT2D eigenvalue weighted by molar-refractivity contribution is 0.307. The molecule has 5 nitrogen and oxygen atoms in total. The first-order valence-electron chi connectivity index (χ1n) is 10.4. The van der Waals surface area contributed by atoms with Crippen molar-refractivity contribution in [1.29, 1.82) is 0 Å². The van der Waals surface area contributed by atoms with Crippen molar-refractivity contribution >= 4 is 34.7 Å². The van der Waals surface area contributed by atoms with Gasteiger partial charge in [-0.15, -0.1) is 21.5 Å². The van der Waals surface area contributed by atoms with Gasteiger partial charge >= 0.3 is 0 Å². The fraction of sp³-hybridized carbons (Fsp3) is 0.292. The Bertz CT molecular complexity index is 1200. The van der Waals surface area contributed by atoms with Gasteiger partial charge in [0.15, 0.2) is 5.16 Å². The fourth-order valence-electron chi connectivity index (χ4n) is 3.30. The maximum Gasteiger partial charge on any atom is 0.191 e. The SMILES string of the molecule is Cc1cccc(-c2nc(CSc3nnc(CCCOc4ccc(Cl)cc4C)n3C)cs2)c1. The number of ether oxygens (including phenoxy) is 1. The number of thiazole rings is 1. The van der Waals surface area contributed by atoms with Crippen LogP contribution in [0.1, 0.15) is 29.1 Å². The molecule has 0 bridgehead atoms. The maximum absolute atomic E-state index is 6.00. The molecule has 2 aromatic carbocycles. The third-order valence-corrected chi connectivity index (χ3v) is 7.26. The van der Waals surface area contributed by atoms with Crippen molar-refractivity contribution in [3.05, 3.63) is 75.5 Å². The average molecular weight is 485 g/mol. The summed E-state index contributed by atoms with van der Waals surface area (Å²) in [4.78, 5) is 4.79. The minimum absolute atomic E-state index is 0.623. The fourth-order valence-corrected chi connectivity index (χ4v) is 5.27. The second-order valence-corrected chi connectivity index (χ2v) is 9.86. The van der Waals surface area contributed by atoms with E-state index in [-0.39, 0.29) is 0 Å². The van der Waals surface area contributed by atoms with Crippen LogP contribution in [0.3, 0.4) is 0 Å². The predicted molar refractivity (Wildman–Crippen MR) is 133 cm³/mol. The van der Waals surface area contributed by atoms with E-state index >= 15 is 0 Å². The van der Waals surface area contributed by atoms with Crippen molar-refractivity contribution in [2.45, 2.75) is 37.6 Å². The van der Waals surface area contributed by atoms with Gasteiger partial charge in [0, 0.05) is 35.2 Å². The largest absolute Gasteiger partial charge is 0.493 e. The highest BCUT2D eigenvalue weighted by Crippen LogP contribution is 2.28. The number of aromatic nitrogens is 4. The molecule has 0 saturated carbocycles. The molecule has 0 fully saturated rings. The van der Waals surface area contributed by atoms with Crippen molar-refractivity contribution < 1.29 is 4.74 Å². The van der Waals surface area contributed by atoms with Gasteiger partial charge in [-0.25, -0.2) is 4.98 Å². The van der Waals surface area contributed by atoms with Crippen LogP contribution in [0.15, 0.2) is 53.0 Å². The first-order chi connectivity index (χ1) is 15.5. The van der Waals surface area contributed by atoms with Gasteiger partial charge < -0.3 is 9.30 Å². The number of benzene rings is 2. The Morgan fingerprint density at radius 1 is 1.12 bits per heavy atom. The van der Waals surface area contributed by atoms with Gasteiger partial charge in [-0.3, -0.25) is 0 Å². The molecule has 0 amide bonds. The second-order valence-electron chi connectivity index (χ2n) is 7.62. The summed E-state index contributed by atoms with van der Waals surface area (Å²) in [6, 6.07) is 14.1. The van der Waals surface area contributed by atoms with Gasteiger partial charge in [-0.2, -0.15) is 0 Å². The third-order valence-electron chi connectivity index (χ3n) is 5.03. The van der Waals surface area contributed by atoms with E-state index in [0.29, 0.717) is 6.61 Å². The van der Waals surface area contributed by atoms with Crippen LogP contribution in [0.5, 0.6) is 5.75 Å². The lowest BCUT2D eigenvalue weighted by Crippen LogP contribution is -2.04. The van der Waals surface area contributed by atoms with Gasteiger partial charge in [0.05, 0.1) is 12.3 Å². The highest BCUT2D eigenvalue weighted by Gasteiger charge is 2.11. The number of nitrogens with zero attached hydrogens (tertiary/aromatic N) is 4. The molecule has 0 aliphatic heterocycles. The number of thioether (sulfide) groups is 1. The summed E-state index contributed by atoms with van der Waals surface area (Å²) in [7, 11) is 2.01. The van der Waals surface area contributed by atoms with E-state index in [9.17, 15) is 0 Å². The predicted octanol–water partition coefficient (Wildman–Crippen LogP) is 6.51. The second kappa shape index (κ2) is 10.5. The van der Waals surface area contributed by atoms with E-state index in [1.54, 1.807) is 23.1 Å². The number of hydrogen-bond acceptors (Lipinski definition) is 6. The molecular formula is C24H25ClN4OS2. The summed E-state index contributed by atoms with van der Waals surface area (Å²) in [5.41, 5.74) is 4.52. The van der Waals surface area contributed by atoms with Gasteiger partial charge in [0.1, 0.15) is 16.6 Å². The summed E-state index contributed by atoms with van der Waals surface area (Å²) in [5, 5.41) is 13.5. The quantitative estimate of drug-likeness (QED) is 0.200. The summed E-state index contributed by atoms with van der Waals surface area (Å²) < 4.78 is 7.94. The van der Waals surface area contributed by atoms with Crippen molar-refractivity contribution in [2.24, 2.45) is 7.05 Å². The minimum atomic E-state index is 0.623. The normalized spacial score (nSPS) is 11.1. The van der Waals surface area contributed by atoms with E-state index in [1.807, 2.05) is 32.2 Å². The zero-order valence-electron chi connectivity index (χ0n) is 18.3. The Hall–Kier alpha value is -2.35. The Morgan fingerprint density at radius 3 is 2.81 bits per heavy atom. The third kappa shape index (κ3) is 5.71. The van der Waals surface area contributed by atoms with Crippen molar-refractivity contribution in [1.82, 2.24) is 19.7 Å². The van der Waals surface area contributed by atoms with E-state index in [4.69, 9.17) is 21.3 Å². The molecule has 0 aliphatic carbocycles. The molecule has 4 rings (SSSR count).